The molecule has 0 aromatic heterocycles. The third kappa shape index (κ3) is 6.85. The number of halogens is 2. The molecule has 0 aliphatic carbocycles. The van der Waals surface area contributed by atoms with Gasteiger partial charge in [0.2, 0.25) is 21.8 Å². The first-order valence-electron chi connectivity index (χ1n) is 9.99. The summed E-state index contributed by atoms with van der Waals surface area (Å²) in [5.41, 5.74) is 1.96. The first-order valence-corrected chi connectivity index (χ1v) is 12.6. The van der Waals surface area contributed by atoms with E-state index in [1.54, 1.807) is 13.8 Å². The minimum absolute atomic E-state index is 0.0935. The standard InChI is InChI=1S/C22H27Cl2N3O4S/c1-5-25-22(29)16(3)26(13-17-8-6-15(2)7-9-17)21(28)14-27(32(4,30)31)20-12-18(23)10-11-19(20)24/h6-12,16H,5,13-14H2,1-4H3,(H,25,29)/t16-/m0/s1. The fraction of sp³-hybridized carbons (Fsp3) is 0.364. The van der Waals surface area contributed by atoms with Gasteiger partial charge in [0.25, 0.3) is 0 Å². The van der Waals surface area contributed by atoms with Gasteiger partial charge in [-0.15, -0.1) is 0 Å². The molecule has 7 nitrogen and oxygen atoms in total. The summed E-state index contributed by atoms with van der Waals surface area (Å²) in [6.45, 7) is 5.34. The summed E-state index contributed by atoms with van der Waals surface area (Å²) < 4.78 is 26.0. The van der Waals surface area contributed by atoms with Crippen molar-refractivity contribution in [3.05, 3.63) is 63.6 Å². The van der Waals surface area contributed by atoms with Crippen LogP contribution in [-0.2, 0) is 26.2 Å². The Balaban J connectivity index is 2.42. The number of carbonyl (C=O) groups excluding carboxylic acids is 2. The topological polar surface area (TPSA) is 86.8 Å². The lowest BCUT2D eigenvalue weighted by molar-refractivity contribution is -0.139. The number of hydrogen-bond donors (Lipinski definition) is 1. The van der Waals surface area contributed by atoms with Gasteiger partial charge in [-0.3, -0.25) is 13.9 Å². The number of hydrogen-bond acceptors (Lipinski definition) is 4. The molecule has 0 radical (unpaired) electrons. The number of nitrogens with one attached hydrogen (secondary N) is 1. The highest BCUT2D eigenvalue weighted by Crippen LogP contribution is 2.30. The van der Waals surface area contributed by atoms with Crippen molar-refractivity contribution in [3.8, 4) is 0 Å². The second-order valence-electron chi connectivity index (χ2n) is 7.44. The van der Waals surface area contributed by atoms with Gasteiger partial charge in [0, 0.05) is 18.1 Å². The van der Waals surface area contributed by atoms with Crippen LogP contribution in [0.15, 0.2) is 42.5 Å². The van der Waals surface area contributed by atoms with Crippen LogP contribution in [0.1, 0.15) is 25.0 Å². The Hall–Kier alpha value is -2.29. The van der Waals surface area contributed by atoms with Crippen LogP contribution in [0.2, 0.25) is 10.0 Å². The summed E-state index contributed by atoms with van der Waals surface area (Å²) in [6, 6.07) is 11.1. The van der Waals surface area contributed by atoms with Crippen LogP contribution in [-0.4, -0.2) is 50.5 Å². The SMILES string of the molecule is CCNC(=O)[C@H](C)N(Cc1ccc(C)cc1)C(=O)CN(c1cc(Cl)ccc1Cl)S(C)(=O)=O. The summed E-state index contributed by atoms with van der Waals surface area (Å²) >= 11 is 12.2. The molecule has 0 bridgehead atoms. The molecule has 0 spiro atoms. The minimum atomic E-state index is -3.88. The summed E-state index contributed by atoms with van der Waals surface area (Å²) in [6.07, 6.45) is 0.981. The molecule has 2 aromatic carbocycles. The predicted octanol–water partition coefficient (Wildman–Crippen LogP) is 3.62. The Morgan fingerprint density at radius 3 is 2.28 bits per heavy atom. The number of likely N-dealkylation sites (N-methyl/N-ethyl adjacent to an activating group) is 1. The quantitative estimate of drug-likeness (QED) is 0.570. The molecule has 0 aliphatic rings. The van der Waals surface area contributed by atoms with Crippen molar-refractivity contribution in [2.45, 2.75) is 33.4 Å². The molecule has 0 fully saturated rings. The molecular weight excluding hydrogens is 473 g/mol. The van der Waals surface area contributed by atoms with Crippen molar-refractivity contribution in [1.29, 1.82) is 0 Å². The third-order valence-electron chi connectivity index (χ3n) is 4.85. The van der Waals surface area contributed by atoms with Crippen molar-refractivity contribution in [3.63, 3.8) is 0 Å². The maximum Gasteiger partial charge on any atom is 0.244 e. The van der Waals surface area contributed by atoms with E-state index in [0.29, 0.717) is 6.54 Å². The largest absolute Gasteiger partial charge is 0.355 e. The number of amides is 2. The van der Waals surface area contributed by atoms with E-state index in [-0.39, 0.29) is 28.2 Å². The highest BCUT2D eigenvalue weighted by atomic mass is 35.5. The Labute approximate surface area is 199 Å². The first-order chi connectivity index (χ1) is 14.9. The number of carbonyl (C=O) groups is 2. The van der Waals surface area contributed by atoms with Gasteiger partial charge in [-0.25, -0.2) is 8.42 Å². The van der Waals surface area contributed by atoms with Crippen LogP contribution in [0.5, 0.6) is 0 Å². The van der Waals surface area contributed by atoms with E-state index in [4.69, 9.17) is 23.2 Å². The van der Waals surface area contributed by atoms with Gasteiger partial charge in [0.05, 0.1) is 17.0 Å². The molecule has 0 aliphatic heterocycles. The van der Waals surface area contributed by atoms with E-state index >= 15 is 0 Å². The van der Waals surface area contributed by atoms with Crippen LogP contribution in [0.4, 0.5) is 5.69 Å². The molecule has 0 heterocycles. The Morgan fingerprint density at radius 1 is 1.09 bits per heavy atom. The van der Waals surface area contributed by atoms with Crippen molar-refractivity contribution < 1.29 is 18.0 Å². The van der Waals surface area contributed by atoms with Crippen LogP contribution < -0.4 is 9.62 Å². The lowest BCUT2D eigenvalue weighted by atomic mass is 10.1. The maximum atomic E-state index is 13.4. The van der Waals surface area contributed by atoms with E-state index in [1.165, 1.54) is 23.1 Å². The van der Waals surface area contributed by atoms with Crippen molar-refractivity contribution in [2.24, 2.45) is 0 Å². The second-order valence-corrected chi connectivity index (χ2v) is 10.2. The number of nitrogens with zero attached hydrogens (tertiary/aromatic N) is 2. The van der Waals surface area contributed by atoms with Crippen LogP contribution >= 0.6 is 23.2 Å². The molecule has 1 N–H and O–H groups in total. The number of benzene rings is 2. The van der Waals surface area contributed by atoms with E-state index in [2.05, 4.69) is 5.32 Å². The maximum absolute atomic E-state index is 13.4. The summed E-state index contributed by atoms with van der Waals surface area (Å²) in [5.74, 6) is -0.884. The zero-order chi connectivity index (χ0) is 24.1. The Bertz CT molecular complexity index is 1080. The smallest absolute Gasteiger partial charge is 0.244 e. The lowest BCUT2D eigenvalue weighted by Gasteiger charge is -2.31. The summed E-state index contributed by atoms with van der Waals surface area (Å²) in [7, 11) is -3.88. The molecule has 0 unspecified atom stereocenters. The van der Waals surface area contributed by atoms with Gasteiger partial charge in [-0.1, -0.05) is 53.0 Å². The normalized spacial score (nSPS) is 12.2. The first kappa shape index (κ1) is 26.0. The summed E-state index contributed by atoms with van der Waals surface area (Å²) in [4.78, 5) is 27.2. The van der Waals surface area contributed by atoms with Gasteiger partial charge in [0.15, 0.2) is 0 Å². The van der Waals surface area contributed by atoms with E-state index in [0.717, 1.165) is 21.7 Å². The van der Waals surface area contributed by atoms with Gasteiger partial charge in [0.1, 0.15) is 12.6 Å². The molecule has 0 saturated carbocycles. The highest BCUT2D eigenvalue weighted by molar-refractivity contribution is 7.92. The average molecular weight is 500 g/mol. The molecule has 0 saturated heterocycles. The zero-order valence-corrected chi connectivity index (χ0v) is 20.8. The predicted molar refractivity (Wildman–Crippen MR) is 129 cm³/mol. The molecule has 2 aromatic rings. The molecule has 10 heteroatoms. The van der Waals surface area contributed by atoms with E-state index < -0.39 is 28.5 Å². The van der Waals surface area contributed by atoms with Crippen molar-refractivity contribution in [2.75, 3.05) is 23.7 Å². The average Bonchev–Trinajstić information content (AvgIpc) is 2.72. The summed E-state index contributed by atoms with van der Waals surface area (Å²) in [5, 5.41) is 3.11. The third-order valence-corrected chi connectivity index (χ3v) is 6.53. The Kier molecular flexibility index (Phi) is 8.95. The van der Waals surface area contributed by atoms with Gasteiger partial charge >= 0.3 is 0 Å². The van der Waals surface area contributed by atoms with Crippen molar-refractivity contribution >= 4 is 50.7 Å². The molecular formula is C22H27Cl2N3O4S. The minimum Gasteiger partial charge on any atom is -0.355 e. The lowest BCUT2D eigenvalue weighted by Crippen LogP contribution is -2.51. The van der Waals surface area contributed by atoms with Crippen LogP contribution in [0.3, 0.4) is 0 Å². The van der Waals surface area contributed by atoms with E-state index in [1.807, 2.05) is 31.2 Å². The highest BCUT2D eigenvalue weighted by Gasteiger charge is 2.30. The molecule has 2 rings (SSSR count). The number of rotatable bonds is 9. The number of anilines is 1. The monoisotopic (exact) mass is 499 g/mol. The molecule has 174 valence electrons. The second kappa shape index (κ2) is 11.0. The van der Waals surface area contributed by atoms with Gasteiger partial charge in [-0.2, -0.15) is 0 Å². The van der Waals surface area contributed by atoms with E-state index in [9.17, 15) is 18.0 Å². The zero-order valence-electron chi connectivity index (χ0n) is 18.4. The number of aryl methyl sites for hydroxylation is 1. The Morgan fingerprint density at radius 2 is 1.72 bits per heavy atom. The number of sulfonamides is 1. The fourth-order valence-electron chi connectivity index (χ4n) is 3.07. The fourth-order valence-corrected chi connectivity index (χ4v) is 4.36. The van der Waals surface area contributed by atoms with Gasteiger partial charge in [-0.05, 0) is 44.5 Å². The van der Waals surface area contributed by atoms with Crippen LogP contribution in [0, 0.1) is 6.92 Å². The van der Waals surface area contributed by atoms with Crippen LogP contribution in [0.25, 0.3) is 0 Å². The molecule has 1 atom stereocenters. The molecule has 2 amide bonds. The molecule has 32 heavy (non-hydrogen) atoms. The van der Waals surface area contributed by atoms with Crippen molar-refractivity contribution in [1.82, 2.24) is 10.2 Å². The van der Waals surface area contributed by atoms with Gasteiger partial charge < -0.3 is 10.2 Å².